The van der Waals surface area contributed by atoms with Gasteiger partial charge in [-0.3, -0.25) is 14.9 Å². The maximum absolute atomic E-state index is 12.6. The van der Waals surface area contributed by atoms with Crippen LogP contribution in [0.5, 0.6) is 0 Å². The molecule has 0 saturated carbocycles. The van der Waals surface area contributed by atoms with E-state index < -0.39 is 16.5 Å². The molecule has 2 heterocycles. The van der Waals surface area contributed by atoms with E-state index in [2.05, 4.69) is 15.0 Å². The summed E-state index contributed by atoms with van der Waals surface area (Å²) in [5.74, 6) is -0.722. The van der Waals surface area contributed by atoms with Gasteiger partial charge in [-0.15, -0.1) is 0 Å². The van der Waals surface area contributed by atoms with E-state index in [4.69, 9.17) is 5.73 Å². The molecule has 2 aromatic heterocycles. The fourth-order valence-corrected chi connectivity index (χ4v) is 3.03. The number of non-ortho nitro benzene ring substituents is 1. The number of hydrogen-bond donors (Lipinski definition) is 2. The summed E-state index contributed by atoms with van der Waals surface area (Å²) in [5, 5.41) is 10.9. The minimum atomic E-state index is -0.835. The largest absolute Gasteiger partial charge is 0.364 e. The highest BCUT2D eigenvalue weighted by molar-refractivity contribution is 6.02. The number of imidazole rings is 1. The zero-order chi connectivity index (χ0) is 20.7. The zero-order valence-electron chi connectivity index (χ0n) is 15.1. The molecule has 1 amide bonds. The summed E-state index contributed by atoms with van der Waals surface area (Å²) in [6.45, 7) is 1.88. The third-order valence-electron chi connectivity index (χ3n) is 4.37. The summed E-state index contributed by atoms with van der Waals surface area (Å²) in [6.07, 6.45) is 0. The number of aromatic amines is 1. The first-order valence-electron chi connectivity index (χ1n) is 8.49. The lowest BCUT2D eigenvalue weighted by molar-refractivity contribution is -0.384. The van der Waals surface area contributed by atoms with Crippen LogP contribution in [0.2, 0.25) is 0 Å². The summed E-state index contributed by atoms with van der Waals surface area (Å²) >= 11 is 0. The smallest absolute Gasteiger partial charge is 0.332 e. The van der Waals surface area contributed by atoms with E-state index in [9.17, 15) is 19.7 Å². The molecular formula is C19H14N6O4. The predicted octanol–water partition coefficient (Wildman–Crippen LogP) is 2.09. The number of nitrogens with one attached hydrogen (secondary N) is 1. The van der Waals surface area contributed by atoms with Crippen molar-refractivity contribution in [2.75, 3.05) is 0 Å². The zero-order valence-corrected chi connectivity index (χ0v) is 15.1. The Labute approximate surface area is 162 Å². The molecule has 4 aromatic rings. The van der Waals surface area contributed by atoms with Crippen LogP contribution < -0.4 is 11.4 Å². The highest BCUT2D eigenvalue weighted by Crippen LogP contribution is 2.24. The monoisotopic (exact) mass is 390 g/mol. The maximum Gasteiger partial charge on any atom is 0.332 e. The van der Waals surface area contributed by atoms with E-state index in [1.165, 1.54) is 28.8 Å². The molecule has 0 fully saturated rings. The van der Waals surface area contributed by atoms with Crippen molar-refractivity contribution in [2.24, 2.45) is 5.73 Å². The third kappa shape index (κ3) is 3.12. The predicted molar refractivity (Wildman–Crippen MR) is 105 cm³/mol. The highest BCUT2D eigenvalue weighted by atomic mass is 16.6. The van der Waals surface area contributed by atoms with Crippen LogP contribution in [0.15, 0.2) is 53.3 Å². The number of carbonyl (C=O) groups is 1. The Morgan fingerprint density at radius 2 is 1.90 bits per heavy atom. The molecule has 0 aliphatic rings. The van der Waals surface area contributed by atoms with Gasteiger partial charge < -0.3 is 10.7 Å². The molecule has 0 aliphatic carbocycles. The number of H-pyrrole nitrogens is 1. The maximum atomic E-state index is 12.6. The van der Waals surface area contributed by atoms with Crippen molar-refractivity contribution >= 4 is 22.8 Å². The number of nitro groups is 1. The number of aryl methyl sites for hydroxylation is 1. The van der Waals surface area contributed by atoms with Crippen LogP contribution in [0.3, 0.4) is 0 Å². The molecule has 29 heavy (non-hydrogen) atoms. The Balaban J connectivity index is 2.00. The number of fused-ring (bicyclic) bond motifs is 1. The third-order valence-corrected chi connectivity index (χ3v) is 4.37. The Morgan fingerprint density at radius 1 is 1.17 bits per heavy atom. The standard InChI is InChI=1S/C19H14N6O4/c1-10-3-2-4-13(9-10)24-18-15(22-19(24)27)14(16(20)26)21-17(23-18)11-5-7-12(8-6-11)25(28)29/h2-9H,1H3,(H2,20,26)(H,22,27). The molecule has 10 nitrogen and oxygen atoms in total. The van der Waals surface area contributed by atoms with Gasteiger partial charge in [0, 0.05) is 17.7 Å². The SMILES string of the molecule is Cc1cccc(-n2c(=O)[nH]c3c(C(N)=O)nc(-c4ccc([N+](=O)[O-])cc4)nc32)c1. The molecule has 0 unspecified atom stereocenters. The van der Waals surface area contributed by atoms with Crippen LogP contribution in [-0.4, -0.2) is 30.3 Å². The summed E-state index contributed by atoms with van der Waals surface area (Å²) in [6, 6.07) is 12.7. The van der Waals surface area contributed by atoms with Crippen LogP contribution in [0.1, 0.15) is 16.1 Å². The molecule has 144 valence electrons. The fourth-order valence-electron chi connectivity index (χ4n) is 3.03. The molecule has 2 aromatic carbocycles. The molecular weight excluding hydrogens is 376 g/mol. The number of hydrogen-bond acceptors (Lipinski definition) is 6. The number of nitrogens with zero attached hydrogens (tertiary/aromatic N) is 4. The Morgan fingerprint density at radius 3 is 2.52 bits per heavy atom. The molecule has 10 heteroatoms. The fraction of sp³-hybridized carbons (Fsp3) is 0.0526. The van der Waals surface area contributed by atoms with Gasteiger partial charge in [0.1, 0.15) is 5.52 Å². The number of nitro benzene ring substituents is 1. The molecule has 3 N–H and O–H groups in total. The van der Waals surface area contributed by atoms with Crippen molar-refractivity contribution in [1.29, 1.82) is 0 Å². The lowest BCUT2D eigenvalue weighted by Crippen LogP contribution is -2.15. The van der Waals surface area contributed by atoms with E-state index in [0.29, 0.717) is 11.3 Å². The molecule has 0 spiro atoms. The lowest BCUT2D eigenvalue weighted by Gasteiger charge is -2.07. The van der Waals surface area contributed by atoms with Crippen LogP contribution in [0.25, 0.3) is 28.2 Å². The first-order chi connectivity index (χ1) is 13.8. The average Bonchev–Trinajstić information content (AvgIpc) is 3.02. The van der Waals surface area contributed by atoms with Crippen molar-refractivity contribution in [3.05, 3.63) is 80.4 Å². The summed E-state index contributed by atoms with van der Waals surface area (Å²) in [7, 11) is 0. The normalized spacial score (nSPS) is 10.9. The molecule has 0 aliphatic heterocycles. The van der Waals surface area contributed by atoms with Crippen LogP contribution in [0, 0.1) is 17.0 Å². The molecule has 0 radical (unpaired) electrons. The number of nitrogens with two attached hydrogens (primary N) is 1. The van der Waals surface area contributed by atoms with E-state index in [-0.39, 0.29) is 28.4 Å². The number of benzene rings is 2. The van der Waals surface area contributed by atoms with Crippen molar-refractivity contribution < 1.29 is 9.72 Å². The van der Waals surface area contributed by atoms with Gasteiger partial charge >= 0.3 is 5.69 Å². The van der Waals surface area contributed by atoms with Crippen molar-refractivity contribution in [3.8, 4) is 17.1 Å². The minimum absolute atomic E-state index is 0.0942. The van der Waals surface area contributed by atoms with Gasteiger partial charge in [0.15, 0.2) is 17.2 Å². The molecule has 0 atom stereocenters. The van der Waals surface area contributed by atoms with E-state index in [0.717, 1.165) is 5.56 Å². The molecule has 0 saturated heterocycles. The second kappa shape index (κ2) is 6.68. The number of rotatable bonds is 4. The number of aromatic nitrogens is 4. The number of amides is 1. The van der Waals surface area contributed by atoms with Gasteiger partial charge in [-0.1, -0.05) is 12.1 Å². The van der Waals surface area contributed by atoms with Gasteiger partial charge in [-0.05, 0) is 36.8 Å². The van der Waals surface area contributed by atoms with E-state index in [1.54, 1.807) is 18.2 Å². The first-order valence-corrected chi connectivity index (χ1v) is 8.49. The van der Waals surface area contributed by atoms with Gasteiger partial charge in [-0.2, -0.15) is 0 Å². The summed E-state index contributed by atoms with van der Waals surface area (Å²) < 4.78 is 1.32. The average molecular weight is 390 g/mol. The molecule has 0 bridgehead atoms. The molecule has 4 rings (SSSR count). The minimum Gasteiger partial charge on any atom is -0.364 e. The van der Waals surface area contributed by atoms with E-state index >= 15 is 0 Å². The highest BCUT2D eigenvalue weighted by Gasteiger charge is 2.20. The van der Waals surface area contributed by atoms with Crippen LogP contribution in [-0.2, 0) is 0 Å². The second-order valence-electron chi connectivity index (χ2n) is 6.37. The number of carbonyl (C=O) groups excluding carboxylic acids is 1. The topological polar surface area (TPSA) is 150 Å². The quantitative estimate of drug-likeness (QED) is 0.402. The van der Waals surface area contributed by atoms with Crippen LogP contribution >= 0.6 is 0 Å². The van der Waals surface area contributed by atoms with Gasteiger partial charge in [-0.25, -0.2) is 19.3 Å². The van der Waals surface area contributed by atoms with Gasteiger partial charge in [0.2, 0.25) is 0 Å². The number of primary amides is 1. The van der Waals surface area contributed by atoms with Crippen LogP contribution in [0.4, 0.5) is 5.69 Å². The lowest BCUT2D eigenvalue weighted by atomic mass is 10.2. The van der Waals surface area contributed by atoms with Crippen molar-refractivity contribution in [2.45, 2.75) is 6.92 Å². The van der Waals surface area contributed by atoms with Gasteiger partial charge in [0.05, 0.1) is 10.6 Å². The first kappa shape index (κ1) is 18.0. The summed E-state index contributed by atoms with van der Waals surface area (Å²) in [4.78, 5) is 46.1. The Bertz CT molecular complexity index is 1340. The van der Waals surface area contributed by atoms with Crippen molar-refractivity contribution in [3.63, 3.8) is 0 Å². The van der Waals surface area contributed by atoms with Crippen molar-refractivity contribution in [1.82, 2.24) is 19.5 Å². The van der Waals surface area contributed by atoms with E-state index in [1.807, 2.05) is 13.0 Å². The Kier molecular flexibility index (Phi) is 4.15. The van der Waals surface area contributed by atoms with Gasteiger partial charge in [0.25, 0.3) is 11.6 Å². The summed E-state index contributed by atoms with van der Waals surface area (Å²) in [5.41, 5.74) is 6.95. The second-order valence-corrected chi connectivity index (χ2v) is 6.37. The Hall–Kier alpha value is -4.34.